The third kappa shape index (κ3) is 2.46. The minimum Gasteiger partial charge on any atom is -0.496 e. The highest BCUT2D eigenvalue weighted by molar-refractivity contribution is 5.89. The van der Waals surface area contributed by atoms with Crippen molar-refractivity contribution in [2.24, 2.45) is 0 Å². The molecule has 0 aliphatic heterocycles. The van der Waals surface area contributed by atoms with Gasteiger partial charge in [-0.15, -0.1) is 0 Å². The Morgan fingerprint density at radius 3 is 2.38 bits per heavy atom. The zero-order chi connectivity index (χ0) is 18.3. The second-order valence-corrected chi connectivity index (χ2v) is 6.43. The van der Waals surface area contributed by atoms with Crippen LogP contribution in [0.25, 0.3) is 16.5 Å². The molecular weight excluding hydrogens is 328 g/mol. The number of aliphatic hydroxyl groups is 2. The molecule has 0 radical (unpaired) electrons. The lowest BCUT2D eigenvalue weighted by atomic mass is 9.78. The van der Waals surface area contributed by atoms with Crippen molar-refractivity contribution in [1.29, 1.82) is 0 Å². The van der Waals surface area contributed by atoms with Crippen molar-refractivity contribution in [3.63, 3.8) is 0 Å². The van der Waals surface area contributed by atoms with Gasteiger partial charge in [0.15, 0.2) is 0 Å². The van der Waals surface area contributed by atoms with Crippen molar-refractivity contribution in [3.05, 3.63) is 83.4 Å². The Kier molecular flexibility index (Phi) is 3.94. The number of hydrogen-bond donors (Lipinski definition) is 2. The molecule has 1 aliphatic rings. The average molecular weight is 348 g/mol. The summed E-state index contributed by atoms with van der Waals surface area (Å²) in [6.45, 7) is 0. The van der Waals surface area contributed by atoms with Crippen molar-refractivity contribution < 1.29 is 19.7 Å². The first-order chi connectivity index (χ1) is 12.6. The number of rotatable bonds is 3. The molecule has 0 bridgehead atoms. The highest BCUT2D eigenvalue weighted by Crippen LogP contribution is 2.46. The Hall–Kier alpha value is -2.82. The highest BCUT2D eigenvalue weighted by atomic mass is 16.5. The fourth-order valence-corrected chi connectivity index (χ4v) is 3.70. The Bertz CT molecular complexity index is 1000. The van der Waals surface area contributed by atoms with Crippen molar-refractivity contribution >= 4 is 16.5 Å². The predicted molar refractivity (Wildman–Crippen MR) is 101 cm³/mol. The van der Waals surface area contributed by atoms with Crippen LogP contribution in [-0.4, -0.2) is 24.4 Å². The zero-order valence-corrected chi connectivity index (χ0v) is 14.6. The Morgan fingerprint density at radius 1 is 0.885 bits per heavy atom. The normalized spacial score (nSPS) is 18.2. The van der Waals surface area contributed by atoms with Crippen molar-refractivity contribution in [2.75, 3.05) is 14.2 Å². The van der Waals surface area contributed by atoms with E-state index in [2.05, 4.69) is 0 Å². The van der Waals surface area contributed by atoms with Gasteiger partial charge in [-0.3, -0.25) is 0 Å². The van der Waals surface area contributed by atoms with Crippen LogP contribution >= 0.6 is 0 Å². The Morgan fingerprint density at radius 2 is 1.62 bits per heavy atom. The van der Waals surface area contributed by atoms with Crippen LogP contribution in [0.3, 0.4) is 0 Å². The van der Waals surface area contributed by atoms with Gasteiger partial charge in [-0.2, -0.15) is 0 Å². The first-order valence-electron chi connectivity index (χ1n) is 8.43. The van der Waals surface area contributed by atoms with Gasteiger partial charge in [0.1, 0.15) is 11.5 Å². The third-order valence-corrected chi connectivity index (χ3v) is 4.99. The number of methoxy groups -OCH3 is 2. The monoisotopic (exact) mass is 348 g/mol. The molecular formula is C22H20O4. The standard InChI is InChI=1S/C22H20O4/c1-25-20-12-15(11-14-7-3-4-8-16(14)20)19-13-21(26-2)17-9-5-6-10-18(17)22(19,23)24/h3-13,19,23-24H,1-2H3. The summed E-state index contributed by atoms with van der Waals surface area (Å²) < 4.78 is 11.0. The van der Waals surface area contributed by atoms with E-state index in [1.165, 1.54) is 0 Å². The molecule has 0 amide bonds. The summed E-state index contributed by atoms with van der Waals surface area (Å²) >= 11 is 0. The predicted octanol–water partition coefficient (Wildman–Crippen LogP) is 3.77. The van der Waals surface area contributed by atoms with Crippen LogP contribution in [0, 0.1) is 0 Å². The fraction of sp³-hybridized carbons (Fsp3) is 0.182. The summed E-state index contributed by atoms with van der Waals surface area (Å²) in [5, 5.41) is 24.0. The molecule has 4 rings (SSSR count). The Labute approximate surface area is 151 Å². The minimum atomic E-state index is -2.05. The van der Waals surface area contributed by atoms with E-state index in [-0.39, 0.29) is 0 Å². The molecule has 4 nitrogen and oxygen atoms in total. The maximum Gasteiger partial charge on any atom is 0.201 e. The molecule has 0 saturated carbocycles. The summed E-state index contributed by atoms with van der Waals surface area (Å²) in [4.78, 5) is 0. The van der Waals surface area contributed by atoms with Crippen LogP contribution in [0.1, 0.15) is 22.6 Å². The number of benzene rings is 3. The van der Waals surface area contributed by atoms with Crippen LogP contribution in [0.4, 0.5) is 0 Å². The fourth-order valence-electron chi connectivity index (χ4n) is 3.70. The molecule has 3 aromatic rings. The largest absolute Gasteiger partial charge is 0.496 e. The second-order valence-electron chi connectivity index (χ2n) is 6.43. The van der Waals surface area contributed by atoms with E-state index in [0.29, 0.717) is 22.6 Å². The molecule has 132 valence electrons. The summed E-state index contributed by atoms with van der Waals surface area (Å²) in [5.41, 5.74) is 1.86. The van der Waals surface area contributed by atoms with Gasteiger partial charge in [-0.1, -0.05) is 54.6 Å². The first-order valence-corrected chi connectivity index (χ1v) is 8.43. The van der Waals surface area contributed by atoms with Crippen molar-refractivity contribution in [3.8, 4) is 5.75 Å². The van der Waals surface area contributed by atoms with Gasteiger partial charge in [-0.05, 0) is 23.1 Å². The molecule has 0 heterocycles. The molecule has 1 unspecified atom stereocenters. The molecule has 0 fully saturated rings. The van der Waals surface area contributed by atoms with E-state index in [0.717, 1.165) is 16.3 Å². The van der Waals surface area contributed by atoms with Gasteiger partial charge in [0, 0.05) is 16.5 Å². The van der Waals surface area contributed by atoms with Crippen LogP contribution in [0.15, 0.2) is 66.7 Å². The molecule has 1 aliphatic carbocycles. The summed E-state index contributed by atoms with van der Waals surface area (Å²) in [5.74, 6) is -1.42. The molecule has 0 spiro atoms. The van der Waals surface area contributed by atoms with Gasteiger partial charge in [-0.25, -0.2) is 0 Å². The van der Waals surface area contributed by atoms with Gasteiger partial charge >= 0.3 is 0 Å². The van der Waals surface area contributed by atoms with E-state index in [9.17, 15) is 10.2 Å². The topological polar surface area (TPSA) is 58.9 Å². The summed E-state index contributed by atoms with van der Waals surface area (Å²) in [6, 6.07) is 18.8. The summed E-state index contributed by atoms with van der Waals surface area (Å²) in [7, 11) is 3.20. The van der Waals surface area contributed by atoms with Crippen LogP contribution < -0.4 is 4.74 Å². The van der Waals surface area contributed by atoms with Crippen LogP contribution in [0.2, 0.25) is 0 Å². The van der Waals surface area contributed by atoms with E-state index in [4.69, 9.17) is 9.47 Å². The van der Waals surface area contributed by atoms with Gasteiger partial charge in [0.05, 0.1) is 20.1 Å². The lowest BCUT2D eigenvalue weighted by Crippen LogP contribution is -2.36. The Balaban J connectivity index is 1.94. The molecule has 4 heteroatoms. The van der Waals surface area contributed by atoms with E-state index >= 15 is 0 Å². The van der Waals surface area contributed by atoms with Crippen molar-refractivity contribution in [1.82, 2.24) is 0 Å². The quantitative estimate of drug-likeness (QED) is 0.708. The van der Waals surface area contributed by atoms with Gasteiger partial charge in [0.2, 0.25) is 5.79 Å². The zero-order valence-electron chi connectivity index (χ0n) is 14.6. The molecule has 26 heavy (non-hydrogen) atoms. The van der Waals surface area contributed by atoms with Gasteiger partial charge in [0.25, 0.3) is 0 Å². The molecule has 3 aromatic carbocycles. The summed E-state index contributed by atoms with van der Waals surface area (Å²) in [6.07, 6.45) is 1.76. The SMILES string of the molecule is COC1=CC(c2cc(OC)c3ccccc3c2)C(O)(O)c2ccccc21. The number of hydrogen-bond acceptors (Lipinski definition) is 4. The van der Waals surface area contributed by atoms with E-state index in [1.54, 1.807) is 32.4 Å². The number of ether oxygens (including phenoxy) is 2. The first kappa shape index (κ1) is 16.6. The minimum absolute atomic E-state index is 0.427. The molecule has 0 saturated heterocycles. The smallest absolute Gasteiger partial charge is 0.201 e. The average Bonchev–Trinajstić information content (AvgIpc) is 2.67. The second kappa shape index (κ2) is 6.16. The lowest BCUT2D eigenvalue weighted by Gasteiger charge is -2.36. The van der Waals surface area contributed by atoms with Crippen LogP contribution in [-0.2, 0) is 10.5 Å². The lowest BCUT2D eigenvalue weighted by molar-refractivity contribution is -0.180. The highest BCUT2D eigenvalue weighted by Gasteiger charge is 2.42. The van der Waals surface area contributed by atoms with Crippen LogP contribution in [0.5, 0.6) is 5.75 Å². The maximum atomic E-state index is 11.0. The van der Waals surface area contributed by atoms with E-state index < -0.39 is 11.7 Å². The maximum absolute atomic E-state index is 11.0. The molecule has 1 atom stereocenters. The van der Waals surface area contributed by atoms with Crippen molar-refractivity contribution in [2.45, 2.75) is 11.7 Å². The van der Waals surface area contributed by atoms with E-state index in [1.807, 2.05) is 48.5 Å². The molecule has 0 aromatic heterocycles. The molecule has 2 N–H and O–H groups in total. The third-order valence-electron chi connectivity index (χ3n) is 4.99. The van der Waals surface area contributed by atoms with Gasteiger partial charge < -0.3 is 19.7 Å². The number of fused-ring (bicyclic) bond motifs is 2.